The summed E-state index contributed by atoms with van der Waals surface area (Å²) in [5.74, 6) is -0.904. The molecular formula is C19H16N2O3S. The third-order valence-electron chi connectivity index (χ3n) is 3.63. The Balaban J connectivity index is 1.79. The van der Waals surface area contributed by atoms with Crippen molar-refractivity contribution in [2.75, 3.05) is 12.4 Å². The molecule has 1 amide bonds. The van der Waals surface area contributed by atoms with Gasteiger partial charge in [-0.05, 0) is 31.2 Å². The summed E-state index contributed by atoms with van der Waals surface area (Å²) in [6, 6.07) is 14.0. The minimum Gasteiger partial charge on any atom is -0.465 e. The molecule has 2 aromatic carbocycles. The lowest BCUT2D eigenvalue weighted by atomic mass is 10.1. The van der Waals surface area contributed by atoms with Crippen LogP contribution in [0.3, 0.4) is 0 Å². The number of thiazole rings is 1. The number of rotatable bonds is 4. The maximum atomic E-state index is 12.5. The lowest BCUT2D eigenvalue weighted by molar-refractivity contribution is 0.0597. The largest absolute Gasteiger partial charge is 0.465 e. The summed E-state index contributed by atoms with van der Waals surface area (Å²) in [7, 11) is 1.29. The summed E-state index contributed by atoms with van der Waals surface area (Å²) in [6.07, 6.45) is 0. The SMILES string of the molecule is COC(=O)c1ccccc1C(=O)Nc1ccc(-c2csc(C)n2)cc1. The first kappa shape index (κ1) is 16.9. The number of hydrogen-bond donors (Lipinski definition) is 1. The summed E-state index contributed by atoms with van der Waals surface area (Å²) >= 11 is 1.59. The summed E-state index contributed by atoms with van der Waals surface area (Å²) in [5.41, 5.74) is 3.04. The van der Waals surface area contributed by atoms with Gasteiger partial charge in [-0.15, -0.1) is 11.3 Å². The first-order chi connectivity index (χ1) is 12.1. The van der Waals surface area contributed by atoms with E-state index in [1.807, 2.05) is 36.6 Å². The number of benzene rings is 2. The molecule has 3 aromatic rings. The van der Waals surface area contributed by atoms with Crippen LogP contribution >= 0.6 is 11.3 Å². The second-order valence-corrected chi connectivity index (χ2v) is 6.38. The summed E-state index contributed by atoms with van der Waals surface area (Å²) in [6.45, 7) is 1.96. The van der Waals surface area contributed by atoms with Crippen molar-refractivity contribution >= 4 is 28.9 Å². The molecule has 0 unspecified atom stereocenters. The van der Waals surface area contributed by atoms with Gasteiger partial charge in [-0.3, -0.25) is 4.79 Å². The first-order valence-corrected chi connectivity index (χ1v) is 8.47. The predicted molar refractivity (Wildman–Crippen MR) is 98.0 cm³/mol. The highest BCUT2D eigenvalue weighted by atomic mass is 32.1. The van der Waals surface area contributed by atoms with E-state index in [0.29, 0.717) is 5.69 Å². The van der Waals surface area contributed by atoms with E-state index in [0.717, 1.165) is 16.3 Å². The second-order valence-electron chi connectivity index (χ2n) is 5.32. The Labute approximate surface area is 149 Å². The molecule has 0 spiro atoms. The lowest BCUT2D eigenvalue weighted by Crippen LogP contribution is -2.17. The summed E-state index contributed by atoms with van der Waals surface area (Å²) < 4.78 is 4.72. The molecule has 0 aliphatic heterocycles. The summed E-state index contributed by atoms with van der Waals surface area (Å²) in [4.78, 5) is 28.7. The van der Waals surface area contributed by atoms with E-state index >= 15 is 0 Å². The Morgan fingerprint density at radius 1 is 1.04 bits per heavy atom. The lowest BCUT2D eigenvalue weighted by Gasteiger charge is -2.09. The molecule has 1 heterocycles. The van der Waals surface area contributed by atoms with Gasteiger partial charge in [0.15, 0.2) is 0 Å². The third-order valence-corrected chi connectivity index (χ3v) is 4.41. The van der Waals surface area contributed by atoms with Gasteiger partial charge in [0.05, 0.1) is 28.9 Å². The van der Waals surface area contributed by atoms with Gasteiger partial charge in [-0.1, -0.05) is 24.3 Å². The number of nitrogens with one attached hydrogen (secondary N) is 1. The topological polar surface area (TPSA) is 68.3 Å². The van der Waals surface area contributed by atoms with Crippen LogP contribution < -0.4 is 5.32 Å². The van der Waals surface area contributed by atoms with Gasteiger partial charge in [0.2, 0.25) is 0 Å². The standard InChI is InChI=1S/C19H16N2O3S/c1-12-20-17(11-25-12)13-7-9-14(10-8-13)21-18(22)15-5-3-4-6-16(15)19(23)24-2/h3-11H,1-2H3,(H,21,22). The molecular weight excluding hydrogens is 336 g/mol. The Bertz CT molecular complexity index is 916. The molecule has 1 aromatic heterocycles. The number of hydrogen-bond acceptors (Lipinski definition) is 5. The first-order valence-electron chi connectivity index (χ1n) is 7.60. The highest BCUT2D eigenvalue weighted by Crippen LogP contribution is 2.23. The molecule has 5 nitrogen and oxygen atoms in total. The van der Waals surface area contributed by atoms with Crippen LogP contribution in [0.1, 0.15) is 25.7 Å². The van der Waals surface area contributed by atoms with Gasteiger partial charge in [0.1, 0.15) is 0 Å². The van der Waals surface area contributed by atoms with E-state index in [-0.39, 0.29) is 17.0 Å². The molecule has 0 atom stereocenters. The Morgan fingerprint density at radius 3 is 2.32 bits per heavy atom. The molecule has 0 bridgehead atoms. The van der Waals surface area contributed by atoms with Crippen molar-refractivity contribution in [1.82, 2.24) is 4.98 Å². The molecule has 0 radical (unpaired) electrons. The number of carbonyl (C=O) groups excluding carboxylic acids is 2. The smallest absolute Gasteiger partial charge is 0.338 e. The van der Waals surface area contributed by atoms with Crippen LogP contribution in [-0.2, 0) is 4.74 Å². The zero-order valence-corrected chi connectivity index (χ0v) is 14.6. The molecule has 126 valence electrons. The third kappa shape index (κ3) is 3.75. The van der Waals surface area contributed by atoms with Crippen molar-refractivity contribution in [3.05, 3.63) is 70.0 Å². The molecule has 0 aliphatic rings. The number of aryl methyl sites for hydroxylation is 1. The van der Waals surface area contributed by atoms with Crippen LogP contribution in [0.2, 0.25) is 0 Å². The van der Waals surface area contributed by atoms with E-state index in [9.17, 15) is 9.59 Å². The van der Waals surface area contributed by atoms with Crippen molar-refractivity contribution < 1.29 is 14.3 Å². The molecule has 6 heteroatoms. The fourth-order valence-electron chi connectivity index (χ4n) is 2.39. The van der Waals surface area contributed by atoms with Crippen molar-refractivity contribution in [2.24, 2.45) is 0 Å². The van der Waals surface area contributed by atoms with Gasteiger partial charge in [0, 0.05) is 16.6 Å². The van der Waals surface area contributed by atoms with Crippen LogP contribution in [-0.4, -0.2) is 24.0 Å². The fourth-order valence-corrected chi connectivity index (χ4v) is 3.01. The minimum absolute atomic E-state index is 0.233. The summed E-state index contributed by atoms with van der Waals surface area (Å²) in [5, 5.41) is 5.80. The van der Waals surface area contributed by atoms with Crippen molar-refractivity contribution in [1.29, 1.82) is 0 Å². The number of aromatic nitrogens is 1. The molecule has 25 heavy (non-hydrogen) atoms. The molecule has 0 aliphatic carbocycles. The predicted octanol–water partition coefficient (Wildman–Crippen LogP) is 4.16. The Morgan fingerprint density at radius 2 is 1.72 bits per heavy atom. The Hall–Kier alpha value is -2.99. The number of methoxy groups -OCH3 is 1. The maximum absolute atomic E-state index is 12.5. The van der Waals surface area contributed by atoms with Gasteiger partial charge in [0.25, 0.3) is 5.91 Å². The van der Waals surface area contributed by atoms with Crippen molar-refractivity contribution in [3.63, 3.8) is 0 Å². The van der Waals surface area contributed by atoms with Gasteiger partial charge < -0.3 is 10.1 Å². The average molecular weight is 352 g/mol. The quantitative estimate of drug-likeness (QED) is 0.716. The second kappa shape index (κ2) is 7.27. The van der Waals surface area contributed by atoms with Crippen LogP contribution in [0, 0.1) is 6.92 Å². The number of esters is 1. The molecule has 3 rings (SSSR count). The number of nitrogens with zero attached hydrogens (tertiary/aromatic N) is 1. The average Bonchev–Trinajstić information content (AvgIpc) is 3.08. The normalized spacial score (nSPS) is 10.3. The number of carbonyl (C=O) groups is 2. The van der Waals surface area contributed by atoms with E-state index in [2.05, 4.69) is 10.3 Å². The van der Waals surface area contributed by atoms with Gasteiger partial charge in [-0.25, -0.2) is 9.78 Å². The fraction of sp³-hybridized carbons (Fsp3) is 0.105. The maximum Gasteiger partial charge on any atom is 0.338 e. The number of amides is 1. The van der Waals surface area contributed by atoms with E-state index in [4.69, 9.17) is 4.74 Å². The van der Waals surface area contributed by atoms with Crippen LogP contribution in [0.25, 0.3) is 11.3 Å². The molecule has 0 saturated heterocycles. The van der Waals surface area contributed by atoms with Crippen molar-refractivity contribution in [3.8, 4) is 11.3 Å². The monoisotopic (exact) mass is 352 g/mol. The molecule has 0 saturated carbocycles. The van der Waals surface area contributed by atoms with E-state index < -0.39 is 5.97 Å². The van der Waals surface area contributed by atoms with Crippen LogP contribution in [0.5, 0.6) is 0 Å². The molecule has 1 N–H and O–H groups in total. The van der Waals surface area contributed by atoms with E-state index in [1.165, 1.54) is 7.11 Å². The highest BCUT2D eigenvalue weighted by Gasteiger charge is 2.17. The Kier molecular flexibility index (Phi) is 4.90. The highest BCUT2D eigenvalue weighted by molar-refractivity contribution is 7.09. The van der Waals surface area contributed by atoms with E-state index in [1.54, 1.807) is 35.6 Å². The number of anilines is 1. The minimum atomic E-state index is -0.542. The van der Waals surface area contributed by atoms with Crippen molar-refractivity contribution in [2.45, 2.75) is 6.92 Å². The van der Waals surface area contributed by atoms with Gasteiger partial charge >= 0.3 is 5.97 Å². The molecule has 0 fully saturated rings. The number of ether oxygens (including phenoxy) is 1. The van der Waals surface area contributed by atoms with Crippen LogP contribution in [0.4, 0.5) is 5.69 Å². The zero-order chi connectivity index (χ0) is 17.8. The van der Waals surface area contributed by atoms with Crippen LogP contribution in [0.15, 0.2) is 53.9 Å². The van der Waals surface area contributed by atoms with Gasteiger partial charge in [-0.2, -0.15) is 0 Å². The zero-order valence-electron chi connectivity index (χ0n) is 13.8.